The van der Waals surface area contributed by atoms with E-state index in [1.807, 2.05) is 0 Å². The summed E-state index contributed by atoms with van der Waals surface area (Å²) in [5.74, 6) is 0.865. The Hall–Kier alpha value is -2.10. The van der Waals surface area contributed by atoms with Gasteiger partial charge in [0.2, 0.25) is 0 Å². The van der Waals surface area contributed by atoms with Crippen molar-refractivity contribution in [3.05, 3.63) is 84.1 Å². The van der Waals surface area contributed by atoms with Crippen molar-refractivity contribution in [2.75, 3.05) is 39.3 Å². The number of nitrogens with one attached hydrogen (secondary N) is 1. The third-order valence-electron chi connectivity index (χ3n) is 6.51. The maximum atomic E-state index is 4.43. The van der Waals surface area contributed by atoms with E-state index < -0.39 is 0 Å². The van der Waals surface area contributed by atoms with Crippen molar-refractivity contribution in [2.24, 2.45) is 5.92 Å². The Morgan fingerprint density at radius 3 is 1.84 bits per heavy atom. The highest BCUT2D eigenvalue weighted by Crippen LogP contribution is 2.22. The monoisotopic (exact) mass is 419 g/mol. The van der Waals surface area contributed by atoms with Gasteiger partial charge in [0.05, 0.1) is 6.04 Å². The van der Waals surface area contributed by atoms with Crippen molar-refractivity contribution in [1.29, 1.82) is 0 Å². The molecule has 31 heavy (non-hydrogen) atoms. The molecule has 3 nitrogen and oxygen atoms in total. The zero-order chi connectivity index (χ0) is 21.9. The first kappa shape index (κ1) is 23.6. The molecule has 0 aliphatic carbocycles. The van der Waals surface area contributed by atoms with Crippen LogP contribution in [0.15, 0.2) is 72.9 Å². The number of rotatable bonds is 12. The van der Waals surface area contributed by atoms with E-state index in [9.17, 15) is 0 Å². The lowest BCUT2D eigenvalue weighted by Gasteiger charge is -2.39. The fourth-order valence-electron chi connectivity index (χ4n) is 4.81. The standard InChI is InChI=1S/C28H41N3/c1-4-12-25(13-5-2)23-30-18-20-31(21-19-30)24(3)22-29-28(26-14-8-6-9-15-26)27-16-10-7-11-17-27/h6-11,14-17,25,28-29H,3-5,12-13,18-23H2,1-2H3. The molecule has 0 aromatic heterocycles. The zero-order valence-electron chi connectivity index (χ0n) is 19.6. The topological polar surface area (TPSA) is 18.5 Å². The lowest BCUT2D eigenvalue weighted by atomic mass is 9.97. The maximum absolute atomic E-state index is 4.43. The Labute approximate surface area is 190 Å². The Bertz CT molecular complexity index is 705. The molecule has 1 fully saturated rings. The number of benzene rings is 2. The van der Waals surface area contributed by atoms with Gasteiger partial charge in [-0.3, -0.25) is 4.90 Å². The van der Waals surface area contributed by atoms with Crippen molar-refractivity contribution in [1.82, 2.24) is 15.1 Å². The van der Waals surface area contributed by atoms with E-state index >= 15 is 0 Å². The van der Waals surface area contributed by atoms with Crippen LogP contribution in [0, 0.1) is 5.92 Å². The molecule has 1 heterocycles. The average molecular weight is 420 g/mol. The minimum absolute atomic E-state index is 0.185. The summed E-state index contributed by atoms with van der Waals surface area (Å²) < 4.78 is 0. The average Bonchev–Trinajstić information content (AvgIpc) is 2.81. The summed E-state index contributed by atoms with van der Waals surface area (Å²) in [5.41, 5.74) is 3.79. The lowest BCUT2D eigenvalue weighted by molar-refractivity contribution is 0.133. The molecule has 3 rings (SSSR count). The molecule has 3 heteroatoms. The minimum Gasteiger partial charge on any atom is -0.372 e. The summed E-state index contributed by atoms with van der Waals surface area (Å²) in [6, 6.07) is 21.6. The summed E-state index contributed by atoms with van der Waals surface area (Å²) in [6.45, 7) is 15.6. The van der Waals surface area contributed by atoms with Gasteiger partial charge in [-0.25, -0.2) is 0 Å². The fraction of sp³-hybridized carbons (Fsp3) is 0.500. The molecule has 1 aliphatic rings. The molecule has 0 saturated carbocycles. The first-order valence-corrected chi connectivity index (χ1v) is 12.2. The van der Waals surface area contributed by atoms with Gasteiger partial charge in [-0.05, 0) is 29.9 Å². The summed E-state index contributed by atoms with van der Waals surface area (Å²) in [5, 5.41) is 3.77. The summed E-state index contributed by atoms with van der Waals surface area (Å²) >= 11 is 0. The Morgan fingerprint density at radius 2 is 1.35 bits per heavy atom. The molecular formula is C28H41N3. The van der Waals surface area contributed by atoms with Crippen LogP contribution in [0.4, 0.5) is 0 Å². The normalized spacial score (nSPS) is 15.0. The number of nitrogens with zero attached hydrogens (tertiary/aromatic N) is 2. The van der Waals surface area contributed by atoms with Gasteiger partial charge in [-0.2, -0.15) is 0 Å². The molecule has 0 spiro atoms. The first-order valence-electron chi connectivity index (χ1n) is 12.2. The number of piperazine rings is 1. The molecule has 0 unspecified atom stereocenters. The fourth-order valence-corrected chi connectivity index (χ4v) is 4.81. The van der Waals surface area contributed by atoms with Gasteiger partial charge in [-0.1, -0.05) is 93.9 Å². The second-order valence-corrected chi connectivity index (χ2v) is 8.93. The summed E-state index contributed by atoms with van der Waals surface area (Å²) in [6.07, 6.45) is 5.34. The summed E-state index contributed by atoms with van der Waals surface area (Å²) in [4.78, 5) is 5.15. The van der Waals surface area contributed by atoms with Crippen LogP contribution in [0.5, 0.6) is 0 Å². The van der Waals surface area contributed by atoms with Crippen molar-refractivity contribution in [3.8, 4) is 0 Å². The van der Waals surface area contributed by atoms with E-state index in [-0.39, 0.29) is 6.04 Å². The predicted molar refractivity (Wildman–Crippen MR) is 133 cm³/mol. The van der Waals surface area contributed by atoms with Gasteiger partial charge >= 0.3 is 0 Å². The molecule has 1 saturated heterocycles. The SMILES string of the molecule is C=C(CNC(c1ccccc1)c1ccccc1)N1CCN(CC(CCC)CCC)CC1. The van der Waals surface area contributed by atoms with E-state index in [4.69, 9.17) is 0 Å². The predicted octanol–water partition coefficient (Wildman–Crippen LogP) is 5.71. The molecule has 1 aliphatic heterocycles. The van der Waals surface area contributed by atoms with Crippen LogP contribution in [0.2, 0.25) is 0 Å². The van der Waals surface area contributed by atoms with Gasteiger partial charge < -0.3 is 10.2 Å². The van der Waals surface area contributed by atoms with E-state index in [0.29, 0.717) is 0 Å². The highest BCUT2D eigenvalue weighted by Gasteiger charge is 2.21. The van der Waals surface area contributed by atoms with Crippen LogP contribution < -0.4 is 5.32 Å². The molecule has 1 N–H and O–H groups in total. The molecular weight excluding hydrogens is 378 g/mol. The largest absolute Gasteiger partial charge is 0.372 e. The van der Waals surface area contributed by atoms with Gasteiger partial charge in [0.15, 0.2) is 0 Å². The van der Waals surface area contributed by atoms with E-state index in [1.165, 1.54) is 49.1 Å². The maximum Gasteiger partial charge on any atom is 0.0579 e. The number of hydrogen-bond acceptors (Lipinski definition) is 3. The first-order chi connectivity index (χ1) is 15.2. The second-order valence-electron chi connectivity index (χ2n) is 8.93. The van der Waals surface area contributed by atoms with Crippen molar-refractivity contribution >= 4 is 0 Å². The second kappa shape index (κ2) is 12.7. The van der Waals surface area contributed by atoms with Crippen LogP contribution in [-0.2, 0) is 0 Å². The van der Waals surface area contributed by atoms with Gasteiger partial charge in [0.25, 0.3) is 0 Å². The molecule has 0 bridgehead atoms. The smallest absolute Gasteiger partial charge is 0.0579 e. The van der Waals surface area contributed by atoms with Gasteiger partial charge in [0.1, 0.15) is 0 Å². The van der Waals surface area contributed by atoms with Crippen LogP contribution in [-0.4, -0.2) is 49.1 Å². The van der Waals surface area contributed by atoms with Crippen molar-refractivity contribution in [3.63, 3.8) is 0 Å². The van der Waals surface area contributed by atoms with Crippen molar-refractivity contribution < 1.29 is 0 Å². The van der Waals surface area contributed by atoms with Crippen LogP contribution in [0.1, 0.15) is 56.7 Å². The quantitative estimate of drug-likeness (QED) is 0.475. The molecule has 0 radical (unpaired) electrons. The number of hydrogen-bond donors (Lipinski definition) is 1. The lowest BCUT2D eigenvalue weighted by Crippen LogP contribution is -2.48. The van der Waals surface area contributed by atoms with E-state index in [2.05, 4.69) is 96.2 Å². The van der Waals surface area contributed by atoms with Crippen LogP contribution >= 0.6 is 0 Å². The molecule has 0 atom stereocenters. The highest BCUT2D eigenvalue weighted by atomic mass is 15.3. The van der Waals surface area contributed by atoms with Crippen LogP contribution in [0.25, 0.3) is 0 Å². The Morgan fingerprint density at radius 1 is 0.839 bits per heavy atom. The zero-order valence-corrected chi connectivity index (χ0v) is 19.6. The molecule has 168 valence electrons. The minimum atomic E-state index is 0.185. The van der Waals surface area contributed by atoms with Gasteiger partial charge in [0, 0.05) is 45.0 Å². The third kappa shape index (κ3) is 7.22. The van der Waals surface area contributed by atoms with Crippen molar-refractivity contribution in [2.45, 2.75) is 45.6 Å². The van der Waals surface area contributed by atoms with E-state index in [1.54, 1.807) is 0 Å². The Kier molecular flexibility index (Phi) is 9.64. The van der Waals surface area contributed by atoms with Crippen LogP contribution in [0.3, 0.4) is 0 Å². The van der Waals surface area contributed by atoms with Gasteiger partial charge in [-0.15, -0.1) is 0 Å². The Balaban J connectivity index is 1.52. The summed E-state index contributed by atoms with van der Waals surface area (Å²) in [7, 11) is 0. The highest BCUT2D eigenvalue weighted by molar-refractivity contribution is 5.31. The molecule has 2 aromatic rings. The molecule has 0 amide bonds. The van der Waals surface area contributed by atoms with E-state index in [0.717, 1.165) is 38.6 Å². The molecule has 2 aromatic carbocycles. The third-order valence-corrected chi connectivity index (χ3v) is 6.51.